The van der Waals surface area contributed by atoms with Crippen molar-refractivity contribution in [3.8, 4) is 0 Å². The Morgan fingerprint density at radius 2 is 1.75 bits per heavy atom. The Kier molecular flexibility index (Phi) is 6.62. The van der Waals surface area contributed by atoms with Gasteiger partial charge in [0.25, 0.3) is 11.6 Å². The summed E-state index contributed by atoms with van der Waals surface area (Å²) in [7, 11) is 0. The fourth-order valence-electron chi connectivity index (χ4n) is 3.29. The van der Waals surface area contributed by atoms with Crippen molar-refractivity contribution < 1.29 is 32.2 Å². The lowest BCUT2D eigenvalue weighted by Crippen LogP contribution is -2.34. The number of amides is 2. The topological polar surface area (TPSA) is 158 Å². The minimum Gasteiger partial charge on any atom is -0.350 e. The second-order valence-corrected chi connectivity index (χ2v) is 7.34. The van der Waals surface area contributed by atoms with E-state index in [0.717, 1.165) is 10.6 Å². The highest BCUT2D eigenvalue weighted by atomic mass is 19.4. The molecule has 4 aromatic rings. The van der Waals surface area contributed by atoms with Crippen LogP contribution in [0.15, 0.2) is 53.1 Å². The van der Waals surface area contributed by atoms with Crippen LogP contribution in [0.2, 0.25) is 0 Å². The second kappa shape index (κ2) is 9.81. The molecule has 2 aromatic carbocycles. The smallest absolute Gasteiger partial charge is 0.350 e. The van der Waals surface area contributed by atoms with Crippen molar-refractivity contribution in [3.63, 3.8) is 0 Å². The van der Waals surface area contributed by atoms with Crippen molar-refractivity contribution in [2.45, 2.75) is 12.7 Å². The van der Waals surface area contributed by atoms with E-state index in [1.165, 1.54) is 30.3 Å². The van der Waals surface area contributed by atoms with Crippen LogP contribution in [0.5, 0.6) is 0 Å². The summed E-state index contributed by atoms with van der Waals surface area (Å²) in [5.41, 5.74) is 0.176. The number of aromatic nitrogens is 4. The lowest BCUT2D eigenvalue weighted by Gasteiger charge is -2.09. The van der Waals surface area contributed by atoms with Gasteiger partial charge in [0.1, 0.15) is 0 Å². The third-order valence-electron chi connectivity index (χ3n) is 4.89. The zero-order chi connectivity index (χ0) is 25.9. The van der Waals surface area contributed by atoms with E-state index in [9.17, 15) is 32.9 Å². The molecule has 0 bridgehead atoms. The van der Waals surface area contributed by atoms with Gasteiger partial charge < -0.3 is 19.7 Å². The fraction of sp³-hybridized carbons (Fsp3) is 0.190. The van der Waals surface area contributed by atoms with E-state index >= 15 is 0 Å². The first kappa shape index (κ1) is 24.3. The molecule has 36 heavy (non-hydrogen) atoms. The van der Waals surface area contributed by atoms with Crippen LogP contribution in [-0.4, -0.2) is 49.5 Å². The molecule has 0 spiro atoms. The third kappa shape index (κ3) is 5.29. The van der Waals surface area contributed by atoms with Gasteiger partial charge in [0.05, 0.1) is 22.5 Å². The standard InChI is InChI=1S/C21H16F3N7O5/c22-21(23,24)20-27-14-6-1-2-7-15(14)30(20)11-16-28-19(36-29-16)18(33)26-9-8-25-17(32)12-4-3-5-13(10-12)31(34)35/h1-7,10H,8-9,11H2,(H,25,32)(H,26,33). The number of nitrogens with one attached hydrogen (secondary N) is 2. The molecular weight excluding hydrogens is 487 g/mol. The van der Waals surface area contributed by atoms with Crippen LogP contribution in [0.1, 0.15) is 32.7 Å². The molecule has 15 heteroatoms. The molecule has 0 atom stereocenters. The Labute approximate surface area is 199 Å². The van der Waals surface area contributed by atoms with Crippen LogP contribution >= 0.6 is 0 Å². The molecule has 2 N–H and O–H groups in total. The summed E-state index contributed by atoms with van der Waals surface area (Å²) in [6, 6.07) is 11.1. The molecule has 0 fully saturated rings. The van der Waals surface area contributed by atoms with Crippen molar-refractivity contribution in [2.75, 3.05) is 13.1 Å². The second-order valence-electron chi connectivity index (χ2n) is 7.34. The van der Waals surface area contributed by atoms with Gasteiger partial charge in [-0.2, -0.15) is 18.2 Å². The SMILES string of the molecule is O=C(NCCNC(=O)c1nc(Cn2c(C(F)(F)F)nc3ccccc32)no1)c1cccc([N+](=O)[O-])c1. The number of carbonyl (C=O) groups is 2. The van der Waals surface area contributed by atoms with Crippen molar-refractivity contribution >= 4 is 28.5 Å². The highest BCUT2D eigenvalue weighted by molar-refractivity contribution is 5.95. The molecule has 12 nitrogen and oxygen atoms in total. The first-order valence-corrected chi connectivity index (χ1v) is 10.3. The molecule has 4 rings (SSSR count). The molecule has 0 aliphatic carbocycles. The lowest BCUT2D eigenvalue weighted by molar-refractivity contribution is -0.384. The number of nitro groups is 1. The number of para-hydroxylation sites is 2. The number of fused-ring (bicyclic) bond motifs is 1. The highest BCUT2D eigenvalue weighted by Crippen LogP contribution is 2.31. The Hall–Kier alpha value is -4.82. The van der Waals surface area contributed by atoms with E-state index in [2.05, 4.69) is 25.8 Å². The largest absolute Gasteiger partial charge is 0.449 e. The van der Waals surface area contributed by atoms with Crippen LogP contribution in [0.3, 0.4) is 0 Å². The van der Waals surface area contributed by atoms with E-state index in [4.69, 9.17) is 4.52 Å². The Balaban J connectivity index is 1.35. The molecular formula is C21H16F3N7O5. The number of imidazole rings is 1. The molecule has 2 heterocycles. The van der Waals surface area contributed by atoms with Crippen LogP contribution in [-0.2, 0) is 12.7 Å². The number of alkyl halides is 3. The average Bonchev–Trinajstić information content (AvgIpc) is 3.47. The van der Waals surface area contributed by atoms with Gasteiger partial charge in [0.2, 0.25) is 5.82 Å². The van der Waals surface area contributed by atoms with Gasteiger partial charge in [0, 0.05) is 30.8 Å². The Morgan fingerprint density at radius 3 is 2.47 bits per heavy atom. The van der Waals surface area contributed by atoms with Gasteiger partial charge in [0.15, 0.2) is 5.82 Å². The van der Waals surface area contributed by atoms with E-state index < -0.39 is 41.2 Å². The number of nitro benzene ring substituents is 1. The number of hydrogen-bond donors (Lipinski definition) is 2. The summed E-state index contributed by atoms with van der Waals surface area (Å²) < 4.78 is 46.1. The van der Waals surface area contributed by atoms with Gasteiger partial charge in [-0.15, -0.1) is 0 Å². The van der Waals surface area contributed by atoms with Gasteiger partial charge in [-0.05, 0) is 18.2 Å². The third-order valence-corrected chi connectivity index (χ3v) is 4.89. The van der Waals surface area contributed by atoms with Crippen molar-refractivity contribution in [1.29, 1.82) is 0 Å². The summed E-state index contributed by atoms with van der Waals surface area (Å²) >= 11 is 0. The number of carbonyl (C=O) groups excluding carboxylic acids is 2. The van der Waals surface area contributed by atoms with Gasteiger partial charge in [-0.1, -0.05) is 23.4 Å². The van der Waals surface area contributed by atoms with E-state index in [1.54, 1.807) is 12.1 Å². The number of halogens is 3. The monoisotopic (exact) mass is 503 g/mol. The number of non-ortho nitro benzene ring substituents is 1. The summed E-state index contributed by atoms with van der Waals surface area (Å²) in [5, 5.41) is 19.3. The lowest BCUT2D eigenvalue weighted by atomic mass is 10.2. The fourth-order valence-corrected chi connectivity index (χ4v) is 3.29. The van der Waals surface area contributed by atoms with Gasteiger partial charge in [-0.25, -0.2) is 4.98 Å². The first-order valence-electron chi connectivity index (χ1n) is 10.3. The summed E-state index contributed by atoms with van der Waals surface area (Å²) in [5.74, 6) is -3.18. The minimum atomic E-state index is -4.72. The van der Waals surface area contributed by atoms with Crippen LogP contribution < -0.4 is 10.6 Å². The predicted molar refractivity (Wildman–Crippen MR) is 116 cm³/mol. The van der Waals surface area contributed by atoms with Crippen LogP contribution in [0.25, 0.3) is 11.0 Å². The molecule has 0 radical (unpaired) electrons. The molecule has 0 aliphatic rings. The molecule has 2 aromatic heterocycles. The number of rotatable bonds is 8. The minimum absolute atomic E-state index is 0.0236. The molecule has 0 unspecified atom stereocenters. The van der Waals surface area contributed by atoms with Crippen molar-refractivity contribution in [2.24, 2.45) is 0 Å². The quantitative estimate of drug-likeness (QED) is 0.211. The zero-order valence-electron chi connectivity index (χ0n) is 18.2. The zero-order valence-corrected chi connectivity index (χ0v) is 18.2. The summed E-state index contributed by atoms with van der Waals surface area (Å²) in [6.45, 7) is -0.517. The molecule has 0 saturated carbocycles. The van der Waals surface area contributed by atoms with E-state index in [1.807, 2.05) is 0 Å². The highest BCUT2D eigenvalue weighted by Gasteiger charge is 2.38. The number of nitrogens with zero attached hydrogens (tertiary/aromatic N) is 5. The van der Waals surface area contributed by atoms with Crippen LogP contribution in [0, 0.1) is 10.1 Å². The maximum absolute atomic E-state index is 13.4. The molecule has 2 amide bonds. The normalized spacial score (nSPS) is 11.4. The maximum atomic E-state index is 13.4. The predicted octanol–water partition coefficient (Wildman–Crippen LogP) is 2.55. The summed E-state index contributed by atoms with van der Waals surface area (Å²) in [4.78, 5) is 42.0. The van der Waals surface area contributed by atoms with Crippen LogP contribution in [0.4, 0.5) is 18.9 Å². The number of benzene rings is 2. The van der Waals surface area contributed by atoms with Gasteiger partial charge >= 0.3 is 18.0 Å². The van der Waals surface area contributed by atoms with Gasteiger partial charge in [-0.3, -0.25) is 19.7 Å². The molecule has 0 aliphatic heterocycles. The van der Waals surface area contributed by atoms with Crippen molar-refractivity contribution in [3.05, 3.63) is 81.7 Å². The van der Waals surface area contributed by atoms with Crippen molar-refractivity contribution in [1.82, 2.24) is 30.3 Å². The Morgan fingerprint density at radius 1 is 1.03 bits per heavy atom. The van der Waals surface area contributed by atoms with E-state index in [-0.39, 0.29) is 41.2 Å². The summed E-state index contributed by atoms with van der Waals surface area (Å²) in [6.07, 6.45) is -4.72. The van der Waals surface area contributed by atoms with E-state index in [0.29, 0.717) is 0 Å². The molecule has 0 saturated heterocycles. The maximum Gasteiger partial charge on any atom is 0.449 e. The number of hydrogen-bond acceptors (Lipinski definition) is 8. The Bertz CT molecular complexity index is 1450. The first-order chi connectivity index (χ1) is 17.1. The molecule has 186 valence electrons. The average molecular weight is 503 g/mol.